The van der Waals surface area contributed by atoms with Crippen molar-refractivity contribution in [2.24, 2.45) is 5.92 Å². The number of piperidine rings is 2. The molecule has 2 saturated heterocycles. The predicted molar refractivity (Wildman–Crippen MR) is 108 cm³/mol. The van der Waals surface area contributed by atoms with Crippen molar-refractivity contribution in [3.05, 3.63) is 59.8 Å². The van der Waals surface area contributed by atoms with E-state index in [1.54, 1.807) is 25.4 Å². The highest BCUT2D eigenvalue weighted by Gasteiger charge is 2.43. The summed E-state index contributed by atoms with van der Waals surface area (Å²) in [7, 11) is 1.54. The van der Waals surface area contributed by atoms with Crippen LogP contribution in [-0.4, -0.2) is 41.0 Å². The average Bonchev–Trinajstić information content (AvgIpc) is 2.76. The number of pyridine rings is 1. The fourth-order valence-electron chi connectivity index (χ4n) is 4.60. The maximum absolute atomic E-state index is 13.1. The van der Waals surface area contributed by atoms with Crippen molar-refractivity contribution in [3.63, 3.8) is 0 Å². The molecule has 0 radical (unpaired) electrons. The summed E-state index contributed by atoms with van der Waals surface area (Å²) >= 11 is 0. The fourth-order valence-corrected chi connectivity index (χ4v) is 4.60. The van der Waals surface area contributed by atoms with Crippen molar-refractivity contribution in [2.75, 3.05) is 7.11 Å². The molecule has 1 aromatic heterocycles. The molecule has 3 heterocycles. The third-order valence-electron chi connectivity index (χ3n) is 5.99. The SMILES string of the molecule is COc1cc(C(=O)C2CC3CCCC(C2)N3C(=O)OCc2ccccc2)ccn1. The zero-order valence-corrected chi connectivity index (χ0v) is 16.6. The van der Waals surface area contributed by atoms with Crippen LogP contribution in [0.2, 0.25) is 0 Å². The topological polar surface area (TPSA) is 68.7 Å². The number of nitrogens with zero attached hydrogens (tertiary/aromatic N) is 2. The first-order valence-electron chi connectivity index (χ1n) is 10.2. The molecule has 2 unspecified atom stereocenters. The maximum Gasteiger partial charge on any atom is 0.410 e. The lowest BCUT2D eigenvalue weighted by molar-refractivity contribution is 0.00472. The monoisotopic (exact) mass is 394 g/mol. The number of hydrogen-bond acceptors (Lipinski definition) is 5. The molecule has 0 N–H and O–H groups in total. The van der Waals surface area contributed by atoms with Gasteiger partial charge in [0.15, 0.2) is 5.78 Å². The van der Waals surface area contributed by atoms with Crippen LogP contribution in [0, 0.1) is 5.92 Å². The van der Waals surface area contributed by atoms with Crippen molar-refractivity contribution in [1.82, 2.24) is 9.88 Å². The number of rotatable bonds is 5. The Hall–Kier alpha value is -2.89. The lowest BCUT2D eigenvalue weighted by Gasteiger charge is -2.47. The van der Waals surface area contributed by atoms with Crippen LogP contribution in [0.15, 0.2) is 48.7 Å². The fraction of sp³-hybridized carbons (Fsp3) is 0.435. The van der Waals surface area contributed by atoms with Gasteiger partial charge in [0, 0.05) is 35.8 Å². The molecule has 1 aromatic carbocycles. The average molecular weight is 394 g/mol. The van der Waals surface area contributed by atoms with Crippen molar-refractivity contribution in [2.45, 2.75) is 50.8 Å². The van der Waals surface area contributed by atoms with E-state index in [4.69, 9.17) is 9.47 Å². The number of Topliss-reactive ketones (excluding diaryl/α,β-unsaturated/α-hetero) is 1. The van der Waals surface area contributed by atoms with Crippen molar-refractivity contribution >= 4 is 11.9 Å². The number of carbonyl (C=O) groups excluding carboxylic acids is 2. The van der Waals surface area contributed by atoms with E-state index >= 15 is 0 Å². The molecule has 6 nitrogen and oxygen atoms in total. The van der Waals surface area contributed by atoms with Gasteiger partial charge in [0.1, 0.15) is 6.61 Å². The van der Waals surface area contributed by atoms with Gasteiger partial charge < -0.3 is 14.4 Å². The van der Waals surface area contributed by atoms with E-state index in [0.29, 0.717) is 24.3 Å². The normalized spacial score (nSPS) is 23.3. The van der Waals surface area contributed by atoms with Gasteiger partial charge in [0.25, 0.3) is 0 Å². The van der Waals surface area contributed by atoms with Gasteiger partial charge in [-0.3, -0.25) is 4.79 Å². The summed E-state index contributed by atoms with van der Waals surface area (Å²) in [5, 5.41) is 0. The standard InChI is InChI=1S/C23H26N2O4/c1-28-21-14-17(10-11-24-21)22(26)18-12-19-8-5-9-20(13-18)25(19)23(27)29-15-16-6-3-2-4-7-16/h2-4,6-7,10-11,14,18-20H,5,8-9,12-13,15H2,1H3. The van der Waals surface area contributed by atoms with E-state index in [1.165, 1.54) is 0 Å². The van der Waals surface area contributed by atoms with E-state index < -0.39 is 0 Å². The molecule has 1 amide bonds. The lowest BCUT2D eigenvalue weighted by atomic mass is 9.76. The van der Waals surface area contributed by atoms with E-state index in [0.717, 1.165) is 24.8 Å². The zero-order valence-electron chi connectivity index (χ0n) is 16.6. The number of ether oxygens (including phenoxy) is 2. The largest absolute Gasteiger partial charge is 0.481 e. The van der Waals surface area contributed by atoms with Gasteiger partial charge in [-0.15, -0.1) is 0 Å². The Morgan fingerprint density at radius 1 is 1.10 bits per heavy atom. The Bertz CT molecular complexity index is 856. The second kappa shape index (κ2) is 8.64. The van der Waals surface area contributed by atoms with Crippen LogP contribution in [0.5, 0.6) is 5.88 Å². The molecule has 2 fully saturated rings. The predicted octanol–water partition coefficient (Wildman–Crippen LogP) is 4.24. The second-order valence-corrected chi connectivity index (χ2v) is 7.81. The van der Waals surface area contributed by atoms with Gasteiger partial charge in [0.2, 0.25) is 5.88 Å². The minimum atomic E-state index is -0.264. The van der Waals surface area contributed by atoms with Crippen LogP contribution in [0.3, 0.4) is 0 Å². The van der Waals surface area contributed by atoms with E-state index in [-0.39, 0.29) is 36.5 Å². The summed E-state index contributed by atoms with van der Waals surface area (Å²) in [5.41, 5.74) is 1.60. The number of fused-ring (bicyclic) bond motifs is 2. The number of methoxy groups -OCH3 is 1. The molecule has 0 saturated carbocycles. The van der Waals surface area contributed by atoms with Crippen LogP contribution in [0.25, 0.3) is 0 Å². The lowest BCUT2D eigenvalue weighted by Crippen LogP contribution is -2.55. The smallest absolute Gasteiger partial charge is 0.410 e. The van der Waals surface area contributed by atoms with E-state index in [9.17, 15) is 9.59 Å². The second-order valence-electron chi connectivity index (χ2n) is 7.81. The molecule has 2 aliphatic heterocycles. The molecule has 2 aromatic rings. The summed E-state index contributed by atoms with van der Waals surface area (Å²) in [6, 6.07) is 13.2. The van der Waals surface area contributed by atoms with Crippen LogP contribution >= 0.6 is 0 Å². The molecular weight excluding hydrogens is 368 g/mol. The Kier molecular flexibility index (Phi) is 5.79. The Labute approximate surface area is 170 Å². The summed E-state index contributed by atoms with van der Waals surface area (Å²) in [4.78, 5) is 31.8. The number of hydrogen-bond donors (Lipinski definition) is 0. The summed E-state index contributed by atoms with van der Waals surface area (Å²) < 4.78 is 10.7. The Morgan fingerprint density at radius 2 is 1.83 bits per heavy atom. The molecule has 0 spiro atoms. The maximum atomic E-state index is 13.1. The molecule has 0 aliphatic carbocycles. The molecule has 152 valence electrons. The van der Waals surface area contributed by atoms with Crippen LogP contribution in [0.1, 0.15) is 48.0 Å². The first-order valence-corrected chi connectivity index (χ1v) is 10.2. The van der Waals surface area contributed by atoms with Gasteiger partial charge in [-0.05, 0) is 43.7 Å². The molecule has 4 rings (SSSR count). The third kappa shape index (κ3) is 4.26. The molecule has 2 aliphatic rings. The van der Waals surface area contributed by atoms with Gasteiger partial charge in [-0.25, -0.2) is 9.78 Å². The van der Waals surface area contributed by atoms with E-state index in [1.807, 2.05) is 35.2 Å². The van der Waals surface area contributed by atoms with Gasteiger partial charge in [-0.1, -0.05) is 30.3 Å². The van der Waals surface area contributed by atoms with Crippen molar-refractivity contribution in [3.8, 4) is 5.88 Å². The van der Waals surface area contributed by atoms with Crippen LogP contribution in [0.4, 0.5) is 4.79 Å². The molecule has 2 bridgehead atoms. The number of aromatic nitrogens is 1. The van der Waals surface area contributed by atoms with Gasteiger partial charge in [0.05, 0.1) is 7.11 Å². The minimum Gasteiger partial charge on any atom is -0.481 e. The summed E-state index contributed by atoms with van der Waals surface area (Å²) in [6.45, 7) is 0.273. The zero-order chi connectivity index (χ0) is 20.2. The molecular formula is C23H26N2O4. The molecule has 6 heteroatoms. The van der Waals surface area contributed by atoms with Gasteiger partial charge >= 0.3 is 6.09 Å². The number of amides is 1. The summed E-state index contributed by atoms with van der Waals surface area (Å²) in [6.07, 6.45) is 5.62. The highest BCUT2D eigenvalue weighted by Crippen LogP contribution is 2.39. The summed E-state index contributed by atoms with van der Waals surface area (Å²) in [5.74, 6) is 0.466. The van der Waals surface area contributed by atoms with Crippen molar-refractivity contribution < 1.29 is 19.1 Å². The van der Waals surface area contributed by atoms with E-state index in [2.05, 4.69) is 4.98 Å². The number of benzene rings is 1. The molecule has 2 atom stereocenters. The molecule has 29 heavy (non-hydrogen) atoms. The van der Waals surface area contributed by atoms with Crippen LogP contribution in [-0.2, 0) is 11.3 Å². The highest BCUT2D eigenvalue weighted by atomic mass is 16.6. The Morgan fingerprint density at radius 3 is 2.52 bits per heavy atom. The first-order chi connectivity index (χ1) is 14.2. The van der Waals surface area contributed by atoms with Crippen molar-refractivity contribution in [1.29, 1.82) is 0 Å². The quantitative estimate of drug-likeness (QED) is 0.710. The minimum absolute atomic E-state index is 0.0588. The van der Waals surface area contributed by atoms with Gasteiger partial charge in [-0.2, -0.15) is 0 Å². The number of ketones is 1. The first kappa shape index (κ1) is 19.4. The number of carbonyl (C=O) groups is 2. The van der Waals surface area contributed by atoms with Crippen LogP contribution < -0.4 is 4.74 Å². The third-order valence-corrected chi connectivity index (χ3v) is 5.99. The Balaban J connectivity index is 1.43. The highest BCUT2D eigenvalue weighted by molar-refractivity contribution is 5.98.